The van der Waals surface area contributed by atoms with Gasteiger partial charge in [0.2, 0.25) is 5.91 Å². The standard InChI is InChI=1S/C15H22FN3O/c1-19(2)15(6-3-7-15)10-18-9-12-8-11(14(17)20)4-5-13(12)16/h4-5,8,18H,3,6-7,9-10H2,1-2H3,(H2,17,20). The molecule has 1 aliphatic carbocycles. The van der Waals surface area contributed by atoms with Gasteiger partial charge in [0.05, 0.1) is 0 Å². The number of nitrogens with zero attached hydrogens (tertiary/aromatic N) is 1. The lowest BCUT2D eigenvalue weighted by Crippen LogP contribution is -2.56. The van der Waals surface area contributed by atoms with Gasteiger partial charge in [-0.05, 0) is 51.6 Å². The highest BCUT2D eigenvalue weighted by Crippen LogP contribution is 2.35. The molecule has 0 atom stereocenters. The van der Waals surface area contributed by atoms with Crippen molar-refractivity contribution in [2.24, 2.45) is 5.73 Å². The lowest BCUT2D eigenvalue weighted by atomic mass is 9.75. The van der Waals surface area contributed by atoms with E-state index >= 15 is 0 Å². The molecule has 0 radical (unpaired) electrons. The van der Waals surface area contributed by atoms with Gasteiger partial charge >= 0.3 is 0 Å². The van der Waals surface area contributed by atoms with Crippen molar-refractivity contribution in [1.82, 2.24) is 10.2 Å². The fourth-order valence-electron chi connectivity index (χ4n) is 2.66. The summed E-state index contributed by atoms with van der Waals surface area (Å²) >= 11 is 0. The van der Waals surface area contributed by atoms with Crippen LogP contribution in [-0.2, 0) is 6.54 Å². The second-order valence-electron chi connectivity index (χ2n) is 5.75. The van der Waals surface area contributed by atoms with Crippen LogP contribution in [0.2, 0.25) is 0 Å². The van der Waals surface area contributed by atoms with E-state index in [0.717, 1.165) is 19.4 Å². The molecular formula is C15H22FN3O. The van der Waals surface area contributed by atoms with Crippen molar-refractivity contribution in [2.75, 3.05) is 20.6 Å². The van der Waals surface area contributed by atoms with Gasteiger partial charge in [0, 0.05) is 29.8 Å². The normalized spacial score (nSPS) is 17.0. The molecular weight excluding hydrogens is 257 g/mol. The first kappa shape index (κ1) is 14.9. The zero-order valence-electron chi connectivity index (χ0n) is 12.1. The number of carbonyl (C=O) groups excluding carboxylic acids is 1. The van der Waals surface area contributed by atoms with Gasteiger partial charge in [-0.1, -0.05) is 0 Å². The molecule has 1 saturated carbocycles. The number of halogens is 1. The Kier molecular flexibility index (Phi) is 4.40. The van der Waals surface area contributed by atoms with Gasteiger partial charge in [-0.25, -0.2) is 4.39 Å². The second kappa shape index (κ2) is 5.89. The largest absolute Gasteiger partial charge is 0.366 e. The molecule has 0 bridgehead atoms. The summed E-state index contributed by atoms with van der Waals surface area (Å²) in [6.45, 7) is 1.22. The molecule has 0 unspecified atom stereocenters. The number of likely N-dealkylation sites (N-methyl/N-ethyl adjacent to an activating group) is 1. The predicted octanol–water partition coefficient (Wildman–Crippen LogP) is 1.50. The fraction of sp³-hybridized carbons (Fsp3) is 0.533. The molecule has 1 aromatic carbocycles. The average Bonchev–Trinajstić information content (AvgIpc) is 2.33. The molecule has 0 saturated heterocycles. The molecule has 1 amide bonds. The highest BCUT2D eigenvalue weighted by Gasteiger charge is 2.38. The van der Waals surface area contributed by atoms with Gasteiger partial charge < -0.3 is 16.0 Å². The predicted molar refractivity (Wildman–Crippen MR) is 76.9 cm³/mol. The molecule has 1 fully saturated rings. The van der Waals surface area contributed by atoms with Gasteiger partial charge in [-0.2, -0.15) is 0 Å². The number of rotatable bonds is 6. The first-order valence-corrected chi connectivity index (χ1v) is 6.91. The maximum Gasteiger partial charge on any atom is 0.248 e. The molecule has 0 heterocycles. The Hall–Kier alpha value is -1.46. The zero-order chi connectivity index (χ0) is 14.8. The van der Waals surface area contributed by atoms with Crippen molar-refractivity contribution < 1.29 is 9.18 Å². The van der Waals surface area contributed by atoms with E-state index in [1.165, 1.54) is 24.6 Å². The van der Waals surface area contributed by atoms with E-state index in [2.05, 4.69) is 24.3 Å². The molecule has 0 spiro atoms. The number of primary amides is 1. The Morgan fingerprint density at radius 3 is 2.65 bits per heavy atom. The number of nitrogens with one attached hydrogen (secondary N) is 1. The van der Waals surface area contributed by atoms with Crippen molar-refractivity contribution in [1.29, 1.82) is 0 Å². The number of nitrogens with two attached hydrogens (primary N) is 1. The summed E-state index contributed by atoms with van der Waals surface area (Å²) in [4.78, 5) is 13.4. The van der Waals surface area contributed by atoms with Crippen LogP contribution in [0.5, 0.6) is 0 Å². The van der Waals surface area contributed by atoms with E-state index in [1.807, 2.05) is 0 Å². The summed E-state index contributed by atoms with van der Waals surface area (Å²) in [6.07, 6.45) is 3.57. The minimum Gasteiger partial charge on any atom is -0.366 e. The first-order valence-electron chi connectivity index (χ1n) is 6.91. The summed E-state index contributed by atoms with van der Waals surface area (Å²) in [5.41, 5.74) is 6.23. The van der Waals surface area contributed by atoms with Crippen molar-refractivity contribution in [3.8, 4) is 0 Å². The summed E-state index contributed by atoms with van der Waals surface area (Å²) in [5, 5.41) is 3.30. The quantitative estimate of drug-likeness (QED) is 0.829. The van der Waals surface area contributed by atoms with Crippen LogP contribution in [0.1, 0.15) is 35.2 Å². The smallest absolute Gasteiger partial charge is 0.248 e. The molecule has 0 aromatic heterocycles. The number of hydrogen-bond donors (Lipinski definition) is 2. The van der Waals surface area contributed by atoms with Gasteiger partial charge in [-0.15, -0.1) is 0 Å². The Morgan fingerprint density at radius 2 is 2.15 bits per heavy atom. The number of hydrogen-bond acceptors (Lipinski definition) is 3. The maximum absolute atomic E-state index is 13.7. The Morgan fingerprint density at radius 1 is 1.45 bits per heavy atom. The monoisotopic (exact) mass is 279 g/mol. The Balaban J connectivity index is 1.97. The molecule has 1 aromatic rings. The van der Waals surface area contributed by atoms with E-state index in [9.17, 15) is 9.18 Å². The Labute approximate surface area is 119 Å². The van der Waals surface area contributed by atoms with Gasteiger partial charge in [-0.3, -0.25) is 4.79 Å². The van der Waals surface area contributed by atoms with Gasteiger partial charge in [0.15, 0.2) is 0 Å². The lowest BCUT2D eigenvalue weighted by molar-refractivity contribution is 0.0597. The molecule has 20 heavy (non-hydrogen) atoms. The first-order chi connectivity index (χ1) is 9.44. The Bertz CT molecular complexity index is 498. The van der Waals surface area contributed by atoms with E-state index in [1.54, 1.807) is 0 Å². The molecule has 110 valence electrons. The van der Waals surface area contributed by atoms with E-state index in [0.29, 0.717) is 17.7 Å². The van der Waals surface area contributed by atoms with Crippen LogP contribution in [0.4, 0.5) is 4.39 Å². The van der Waals surface area contributed by atoms with Crippen LogP contribution >= 0.6 is 0 Å². The van der Waals surface area contributed by atoms with Gasteiger partial charge in [0.1, 0.15) is 5.82 Å². The minimum atomic E-state index is -0.532. The molecule has 3 N–H and O–H groups in total. The third-order valence-corrected chi connectivity index (χ3v) is 4.33. The van der Waals surface area contributed by atoms with E-state index < -0.39 is 5.91 Å². The summed E-state index contributed by atoms with van der Waals surface area (Å²) in [5.74, 6) is -0.843. The summed E-state index contributed by atoms with van der Waals surface area (Å²) < 4.78 is 13.7. The van der Waals surface area contributed by atoms with E-state index in [-0.39, 0.29) is 11.4 Å². The highest BCUT2D eigenvalue weighted by molar-refractivity contribution is 5.92. The molecule has 5 heteroatoms. The summed E-state index contributed by atoms with van der Waals surface area (Å²) in [6, 6.07) is 4.23. The maximum atomic E-state index is 13.7. The fourth-order valence-corrected chi connectivity index (χ4v) is 2.66. The van der Waals surface area contributed by atoms with Crippen molar-refractivity contribution in [2.45, 2.75) is 31.3 Å². The zero-order valence-corrected chi connectivity index (χ0v) is 12.1. The molecule has 4 nitrogen and oxygen atoms in total. The molecule has 2 rings (SSSR count). The third kappa shape index (κ3) is 2.99. The van der Waals surface area contributed by atoms with Crippen molar-refractivity contribution in [3.05, 3.63) is 35.1 Å². The van der Waals surface area contributed by atoms with Crippen molar-refractivity contribution in [3.63, 3.8) is 0 Å². The molecule has 1 aliphatic rings. The molecule has 0 aliphatic heterocycles. The topological polar surface area (TPSA) is 58.4 Å². The number of carbonyl (C=O) groups is 1. The van der Waals surface area contributed by atoms with Crippen LogP contribution < -0.4 is 11.1 Å². The number of amides is 1. The van der Waals surface area contributed by atoms with Crippen LogP contribution in [0.3, 0.4) is 0 Å². The highest BCUT2D eigenvalue weighted by atomic mass is 19.1. The van der Waals surface area contributed by atoms with Crippen LogP contribution in [0.25, 0.3) is 0 Å². The second-order valence-corrected chi connectivity index (χ2v) is 5.75. The minimum absolute atomic E-state index is 0.192. The van der Waals surface area contributed by atoms with Crippen LogP contribution in [-0.4, -0.2) is 37.0 Å². The third-order valence-electron chi connectivity index (χ3n) is 4.33. The van der Waals surface area contributed by atoms with E-state index in [4.69, 9.17) is 5.73 Å². The van der Waals surface area contributed by atoms with Crippen LogP contribution in [0, 0.1) is 5.82 Å². The average molecular weight is 279 g/mol. The number of benzene rings is 1. The van der Waals surface area contributed by atoms with Gasteiger partial charge in [0.25, 0.3) is 0 Å². The lowest BCUT2D eigenvalue weighted by Gasteiger charge is -2.47. The SMILES string of the molecule is CN(C)C1(CNCc2cc(C(N)=O)ccc2F)CCC1. The summed E-state index contributed by atoms with van der Waals surface area (Å²) in [7, 11) is 4.16. The van der Waals surface area contributed by atoms with Crippen molar-refractivity contribution >= 4 is 5.91 Å². The van der Waals surface area contributed by atoms with Crippen LogP contribution in [0.15, 0.2) is 18.2 Å².